The summed E-state index contributed by atoms with van der Waals surface area (Å²) in [6.45, 7) is 6.57. The number of isothiocyanates is 1. The molecule has 0 aromatic carbocycles. The standard InChI is InChI=1S/C11H15N3S2/c1-11(2,3)14-13-9(7-12-8-15)10-5-4-6-16-10/h4-6,9H,7H2,1-3H3. The average Bonchev–Trinajstić information content (AvgIpc) is 2.69. The predicted octanol–water partition coefficient (Wildman–Crippen LogP) is 4.14. The SMILES string of the molecule is CC(C)(C)N=NC(CN=C=S)c1cccs1. The molecule has 16 heavy (non-hydrogen) atoms. The van der Waals surface area contributed by atoms with Crippen molar-refractivity contribution in [2.24, 2.45) is 15.2 Å². The van der Waals surface area contributed by atoms with Gasteiger partial charge >= 0.3 is 0 Å². The van der Waals surface area contributed by atoms with Crippen molar-refractivity contribution in [3.05, 3.63) is 22.4 Å². The van der Waals surface area contributed by atoms with Gasteiger partial charge in [0, 0.05) is 4.88 Å². The first-order valence-corrected chi connectivity index (χ1v) is 6.31. The number of azo groups is 1. The first-order chi connectivity index (χ1) is 7.53. The van der Waals surface area contributed by atoms with Gasteiger partial charge in [0.2, 0.25) is 0 Å². The number of hydrogen-bond acceptors (Lipinski definition) is 5. The highest BCUT2D eigenvalue weighted by molar-refractivity contribution is 7.78. The minimum absolute atomic E-state index is 0.0327. The average molecular weight is 253 g/mol. The van der Waals surface area contributed by atoms with Gasteiger partial charge < -0.3 is 0 Å². The number of thiocarbonyl (C=S) groups is 1. The van der Waals surface area contributed by atoms with Crippen molar-refractivity contribution in [1.82, 2.24) is 0 Å². The highest BCUT2D eigenvalue weighted by Gasteiger charge is 2.13. The number of hydrogen-bond donors (Lipinski definition) is 0. The second-order valence-corrected chi connectivity index (χ2v) is 5.51. The van der Waals surface area contributed by atoms with Crippen molar-refractivity contribution in [3.63, 3.8) is 0 Å². The van der Waals surface area contributed by atoms with Crippen LogP contribution in [0.4, 0.5) is 0 Å². The molecule has 0 aliphatic rings. The fourth-order valence-corrected chi connectivity index (χ4v) is 1.86. The fourth-order valence-electron chi connectivity index (χ4n) is 1.03. The van der Waals surface area contributed by atoms with Gasteiger partial charge in [-0.2, -0.15) is 10.2 Å². The molecule has 0 N–H and O–H groups in total. The van der Waals surface area contributed by atoms with E-state index in [0.29, 0.717) is 6.54 Å². The Kier molecular flexibility index (Phi) is 4.93. The maximum atomic E-state index is 4.57. The molecule has 0 radical (unpaired) electrons. The molecule has 1 aromatic heterocycles. The van der Waals surface area contributed by atoms with E-state index in [2.05, 4.69) is 32.6 Å². The van der Waals surface area contributed by atoms with Crippen molar-refractivity contribution >= 4 is 28.7 Å². The molecule has 0 aliphatic carbocycles. The maximum Gasteiger partial charge on any atom is 0.125 e. The van der Waals surface area contributed by atoms with Gasteiger partial charge in [-0.3, -0.25) is 0 Å². The lowest BCUT2D eigenvalue weighted by molar-refractivity contribution is 0.516. The first-order valence-electron chi connectivity index (χ1n) is 5.02. The molecule has 1 atom stereocenters. The molecule has 1 heterocycles. The van der Waals surface area contributed by atoms with Crippen molar-refractivity contribution < 1.29 is 0 Å². The van der Waals surface area contributed by atoms with Gasteiger partial charge in [0.1, 0.15) is 6.04 Å². The van der Waals surface area contributed by atoms with E-state index in [-0.39, 0.29) is 11.6 Å². The van der Waals surface area contributed by atoms with E-state index in [1.807, 2.05) is 38.3 Å². The molecule has 5 heteroatoms. The van der Waals surface area contributed by atoms with Crippen molar-refractivity contribution in [2.75, 3.05) is 6.54 Å². The second kappa shape index (κ2) is 5.99. The van der Waals surface area contributed by atoms with Crippen LogP contribution in [0.3, 0.4) is 0 Å². The molecule has 0 aliphatic heterocycles. The lowest BCUT2D eigenvalue weighted by atomic mass is 10.1. The summed E-state index contributed by atoms with van der Waals surface area (Å²) in [5, 5.41) is 13.0. The van der Waals surface area contributed by atoms with Crippen LogP contribution in [0.2, 0.25) is 0 Å². The van der Waals surface area contributed by atoms with Crippen molar-refractivity contribution in [1.29, 1.82) is 0 Å². The number of thiophene rings is 1. The van der Waals surface area contributed by atoms with E-state index in [1.54, 1.807) is 11.3 Å². The van der Waals surface area contributed by atoms with Crippen LogP contribution in [0.25, 0.3) is 0 Å². The van der Waals surface area contributed by atoms with Crippen molar-refractivity contribution in [3.8, 4) is 0 Å². The summed E-state index contributed by atoms with van der Waals surface area (Å²) in [6, 6.07) is 4.01. The van der Waals surface area contributed by atoms with E-state index < -0.39 is 0 Å². The predicted molar refractivity (Wildman–Crippen MR) is 71.6 cm³/mol. The Labute approximate surface area is 105 Å². The van der Waals surface area contributed by atoms with Crippen LogP contribution in [0.5, 0.6) is 0 Å². The van der Waals surface area contributed by atoms with Crippen LogP contribution in [-0.2, 0) is 0 Å². The molecule has 0 spiro atoms. The third-order valence-corrected chi connectivity index (χ3v) is 2.80. The molecular weight excluding hydrogens is 238 g/mol. The lowest BCUT2D eigenvalue weighted by Gasteiger charge is -2.12. The third kappa shape index (κ3) is 4.75. The zero-order chi connectivity index (χ0) is 12.0. The number of nitrogens with zero attached hydrogens (tertiary/aromatic N) is 3. The van der Waals surface area contributed by atoms with Crippen molar-refractivity contribution in [2.45, 2.75) is 32.4 Å². The molecule has 1 rings (SSSR count). The van der Waals surface area contributed by atoms with Crippen LogP contribution in [-0.4, -0.2) is 17.2 Å². The monoisotopic (exact) mass is 253 g/mol. The van der Waals surface area contributed by atoms with Crippen LogP contribution in [0, 0.1) is 0 Å². The van der Waals surface area contributed by atoms with Gasteiger partial charge in [0.25, 0.3) is 0 Å². The van der Waals surface area contributed by atoms with E-state index in [9.17, 15) is 0 Å². The molecule has 0 saturated carbocycles. The Morgan fingerprint density at radius 2 is 2.25 bits per heavy atom. The van der Waals surface area contributed by atoms with Crippen LogP contribution >= 0.6 is 23.6 Å². The van der Waals surface area contributed by atoms with E-state index in [0.717, 1.165) is 4.88 Å². The zero-order valence-corrected chi connectivity index (χ0v) is 11.3. The smallest absolute Gasteiger partial charge is 0.125 e. The van der Waals surface area contributed by atoms with Gasteiger partial charge in [-0.05, 0) is 44.4 Å². The molecule has 0 bridgehead atoms. The molecule has 1 aromatic rings. The van der Waals surface area contributed by atoms with E-state index in [4.69, 9.17) is 0 Å². The van der Waals surface area contributed by atoms with Gasteiger partial charge in [-0.25, -0.2) is 4.99 Å². The lowest BCUT2D eigenvalue weighted by Crippen LogP contribution is -2.09. The zero-order valence-electron chi connectivity index (χ0n) is 9.67. The normalized spacial score (nSPS) is 13.7. The summed E-state index contributed by atoms with van der Waals surface area (Å²) < 4.78 is 0. The summed E-state index contributed by atoms with van der Waals surface area (Å²) in [5.74, 6) is 0. The molecule has 86 valence electrons. The molecule has 3 nitrogen and oxygen atoms in total. The summed E-state index contributed by atoms with van der Waals surface area (Å²) in [7, 11) is 0. The summed E-state index contributed by atoms with van der Waals surface area (Å²) in [4.78, 5) is 5.10. The number of aliphatic imine (C=N–C) groups is 1. The highest BCUT2D eigenvalue weighted by atomic mass is 32.1. The van der Waals surface area contributed by atoms with Crippen LogP contribution < -0.4 is 0 Å². The molecule has 0 amide bonds. The number of rotatable bonds is 4. The third-order valence-electron chi connectivity index (χ3n) is 1.70. The largest absolute Gasteiger partial charge is 0.230 e. The quantitative estimate of drug-likeness (QED) is 0.451. The Hall–Kier alpha value is -0.900. The summed E-state index contributed by atoms with van der Waals surface area (Å²) in [6.07, 6.45) is 0. The molecular formula is C11H15N3S2. The molecule has 1 unspecified atom stereocenters. The van der Waals surface area contributed by atoms with Gasteiger partial charge in [-0.15, -0.1) is 11.3 Å². The topological polar surface area (TPSA) is 37.1 Å². The Morgan fingerprint density at radius 1 is 1.50 bits per heavy atom. The Morgan fingerprint density at radius 3 is 2.75 bits per heavy atom. The van der Waals surface area contributed by atoms with E-state index >= 15 is 0 Å². The second-order valence-electron chi connectivity index (χ2n) is 4.35. The fraction of sp³-hybridized carbons (Fsp3) is 0.545. The van der Waals surface area contributed by atoms with Crippen LogP contribution in [0.15, 0.2) is 32.7 Å². The van der Waals surface area contributed by atoms with Gasteiger partial charge in [0.15, 0.2) is 0 Å². The Bertz CT molecular complexity index is 384. The molecule has 0 saturated heterocycles. The minimum Gasteiger partial charge on any atom is -0.230 e. The maximum absolute atomic E-state index is 4.57. The van der Waals surface area contributed by atoms with E-state index in [1.165, 1.54) is 0 Å². The summed E-state index contributed by atoms with van der Waals surface area (Å²) in [5.41, 5.74) is -0.156. The minimum atomic E-state index is -0.156. The van der Waals surface area contributed by atoms with Gasteiger partial charge in [-0.1, -0.05) is 6.07 Å². The Balaban J connectivity index is 2.80. The first kappa shape index (κ1) is 13.2. The van der Waals surface area contributed by atoms with Gasteiger partial charge in [0.05, 0.1) is 17.2 Å². The highest BCUT2D eigenvalue weighted by Crippen LogP contribution is 2.24. The summed E-state index contributed by atoms with van der Waals surface area (Å²) >= 11 is 6.23. The molecule has 0 fully saturated rings. The van der Waals surface area contributed by atoms with Crippen LogP contribution in [0.1, 0.15) is 31.7 Å².